The van der Waals surface area contributed by atoms with E-state index in [4.69, 9.17) is 4.74 Å². The summed E-state index contributed by atoms with van der Waals surface area (Å²) in [6.07, 6.45) is 2.02. The molecule has 26 heavy (non-hydrogen) atoms. The van der Waals surface area contributed by atoms with E-state index in [1.165, 1.54) is 6.07 Å². The van der Waals surface area contributed by atoms with Crippen LogP contribution in [-0.4, -0.2) is 30.0 Å². The number of nitrogens with one attached hydrogen (secondary N) is 2. The number of anilines is 1. The predicted molar refractivity (Wildman–Crippen MR) is 102 cm³/mol. The van der Waals surface area contributed by atoms with Gasteiger partial charge in [0.05, 0.1) is 11.5 Å². The first kappa shape index (κ1) is 18.2. The standard InChI is InChI=1S/C18H18BrN3O4/c19-13-2-1-3-15(11-13)26-9-8-20-18(23)12-4-7-16(21-14-5-6-14)17(10-12)22(24)25/h1-4,7,10-11,14,21H,5-6,8-9H2,(H,20,23). The van der Waals surface area contributed by atoms with Gasteiger partial charge >= 0.3 is 0 Å². The number of hydrogen-bond donors (Lipinski definition) is 2. The largest absolute Gasteiger partial charge is 0.492 e. The zero-order chi connectivity index (χ0) is 18.5. The van der Waals surface area contributed by atoms with Crippen LogP contribution in [0.5, 0.6) is 5.75 Å². The molecule has 0 radical (unpaired) electrons. The van der Waals surface area contributed by atoms with Crippen LogP contribution >= 0.6 is 15.9 Å². The quantitative estimate of drug-likeness (QED) is 0.386. The third-order valence-corrected chi connectivity index (χ3v) is 4.34. The molecule has 1 aliphatic rings. The van der Waals surface area contributed by atoms with Gasteiger partial charge in [-0.1, -0.05) is 22.0 Å². The lowest BCUT2D eigenvalue weighted by Gasteiger charge is -2.09. The Balaban J connectivity index is 1.55. The van der Waals surface area contributed by atoms with Crippen molar-refractivity contribution in [3.63, 3.8) is 0 Å². The Morgan fingerprint density at radius 2 is 2.08 bits per heavy atom. The van der Waals surface area contributed by atoms with E-state index < -0.39 is 4.92 Å². The summed E-state index contributed by atoms with van der Waals surface area (Å²) >= 11 is 3.36. The molecule has 0 spiro atoms. The van der Waals surface area contributed by atoms with E-state index >= 15 is 0 Å². The van der Waals surface area contributed by atoms with Gasteiger partial charge in [0.25, 0.3) is 11.6 Å². The third-order valence-electron chi connectivity index (χ3n) is 3.85. The fourth-order valence-electron chi connectivity index (χ4n) is 2.39. The van der Waals surface area contributed by atoms with Gasteiger partial charge in [-0.15, -0.1) is 0 Å². The monoisotopic (exact) mass is 419 g/mol. The van der Waals surface area contributed by atoms with Crippen molar-refractivity contribution in [3.05, 3.63) is 62.6 Å². The lowest BCUT2D eigenvalue weighted by molar-refractivity contribution is -0.384. The third kappa shape index (κ3) is 4.95. The number of hydrogen-bond acceptors (Lipinski definition) is 5. The highest BCUT2D eigenvalue weighted by atomic mass is 79.9. The molecule has 1 aliphatic carbocycles. The molecule has 1 fully saturated rings. The minimum atomic E-state index is -0.474. The Morgan fingerprint density at radius 3 is 2.77 bits per heavy atom. The molecule has 0 bridgehead atoms. The summed E-state index contributed by atoms with van der Waals surface area (Å²) in [5.41, 5.74) is 0.613. The van der Waals surface area contributed by atoms with Crippen molar-refractivity contribution < 1.29 is 14.5 Å². The zero-order valence-electron chi connectivity index (χ0n) is 13.9. The molecule has 0 aliphatic heterocycles. The van der Waals surface area contributed by atoms with Gasteiger partial charge in [0.15, 0.2) is 0 Å². The van der Waals surface area contributed by atoms with E-state index in [1.54, 1.807) is 12.1 Å². The molecule has 0 atom stereocenters. The van der Waals surface area contributed by atoms with Crippen LogP contribution in [0.15, 0.2) is 46.9 Å². The van der Waals surface area contributed by atoms with Crippen LogP contribution in [0.1, 0.15) is 23.2 Å². The zero-order valence-corrected chi connectivity index (χ0v) is 15.5. The maximum absolute atomic E-state index is 12.2. The fraction of sp³-hybridized carbons (Fsp3) is 0.278. The fourth-order valence-corrected chi connectivity index (χ4v) is 2.76. The van der Waals surface area contributed by atoms with E-state index in [2.05, 4.69) is 26.6 Å². The molecule has 0 unspecified atom stereocenters. The Kier molecular flexibility index (Phi) is 5.72. The van der Waals surface area contributed by atoms with Crippen molar-refractivity contribution in [3.8, 4) is 5.75 Å². The molecule has 136 valence electrons. The number of nitro groups is 1. The Bertz CT molecular complexity index is 824. The van der Waals surface area contributed by atoms with Crippen molar-refractivity contribution in [2.45, 2.75) is 18.9 Å². The van der Waals surface area contributed by atoms with Crippen LogP contribution in [0.25, 0.3) is 0 Å². The SMILES string of the molecule is O=C(NCCOc1cccc(Br)c1)c1ccc(NC2CC2)c([N+](=O)[O-])c1. The molecular weight excluding hydrogens is 402 g/mol. The average molecular weight is 420 g/mol. The summed E-state index contributed by atoms with van der Waals surface area (Å²) in [5, 5.41) is 17.1. The van der Waals surface area contributed by atoms with Crippen LogP contribution < -0.4 is 15.4 Å². The first-order valence-electron chi connectivity index (χ1n) is 8.24. The number of nitrogens with zero attached hydrogens (tertiary/aromatic N) is 1. The van der Waals surface area contributed by atoms with Crippen LogP contribution in [0.2, 0.25) is 0 Å². The highest BCUT2D eigenvalue weighted by Gasteiger charge is 2.25. The molecular formula is C18H18BrN3O4. The Hall–Kier alpha value is -2.61. The first-order valence-corrected chi connectivity index (χ1v) is 9.04. The Labute approximate surface area is 159 Å². The smallest absolute Gasteiger partial charge is 0.293 e. The molecule has 3 rings (SSSR count). The number of carbonyl (C=O) groups excluding carboxylic acids is 1. The summed E-state index contributed by atoms with van der Waals surface area (Å²) < 4.78 is 6.45. The highest BCUT2D eigenvalue weighted by Crippen LogP contribution is 2.31. The average Bonchev–Trinajstić information content (AvgIpc) is 3.43. The van der Waals surface area contributed by atoms with Gasteiger partial charge in [-0.25, -0.2) is 0 Å². The van der Waals surface area contributed by atoms with Crippen molar-refractivity contribution in [1.29, 1.82) is 0 Å². The van der Waals surface area contributed by atoms with E-state index in [-0.39, 0.29) is 17.2 Å². The second kappa shape index (κ2) is 8.18. The van der Waals surface area contributed by atoms with Crippen LogP contribution in [0.4, 0.5) is 11.4 Å². The summed E-state index contributed by atoms with van der Waals surface area (Å²) in [4.78, 5) is 23.0. The maximum Gasteiger partial charge on any atom is 0.293 e. The number of halogens is 1. The summed E-state index contributed by atoms with van der Waals surface area (Å²) in [6, 6.07) is 12.2. The van der Waals surface area contributed by atoms with Crippen molar-refractivity contribution in [2.75, 3.05) is 18.5 Å². The normalized spacial score (nSPS) is 13.1. The van der Waals surface area contributed by atoms with Crippen LogP contribution in [-0.2, 0) is 0 Å². The van der Waals surface area contributed by atoms with Gasteiger partial charge in [-0.3, -0.25) is 14.9 Å². The van der Waals surface area contributed by atoms with Crippen molar-refractivity contribution in [1.82, 2.24) is 5.32 Å². The van der Waals surface area contributed by atoms with Crippen molar-refractivity contribution in [2.24, 2.45) is 0 Å². The predicted octanol–water partition coefficient (Wildman–Crippen LogP) is 3.74. The van der Waals surface area contributed by atoms with Crippen LogP contribution in [0.3, 0.4) is 0 Å². The topological polar surface area (TPSA) is 93.5 Å². The van der Waals surface area contributed by atoms with Gasteiger partial charge in [0.1, 0.15) is 18.0 Å². The van der Waals surface area contributed by atoms with Gasteiger partial charge in [-0.2, -0.15) is 0 Å². The molecule has 0 heterocycles. The number of rotatable bonds is 8. The molecule has 8 heteroatoms. The molecule has 7 nitrogen and oxygen atoms in total. The second-order valence-electron chi connectivity index (χ2n) is 5.97. The van der Waals surface area contributed by atoms with E-state index in [0.717, 1.165) is 17.3 Å². The van der Waals surface area contributed by atoms with Gasteiger partial charge in [0.2, 0.25) is 0 Å². The number of ether oxygens (including phenoxy) is 1. The minimum absolute atomic E-state index is 0.0880. The van der Waals surface area contributed by atoms with E-state index in [0.29, 0.717) is 30.6 Å². The maximum atomic E-state index is 12.2. The minimum Gasteiger partial charge on any atom is -0.492 e. The van der Waals surface area contributed by atoms with Gasteiger partial charge in [0, 0.05) is 22.1 Å². The van der Waals surface area contributed by atoms with Gasteiger partial charge < -0.3 is 15.4 Å². The lowest BCUT2D eigenvalue weighted by Crippen LogP contribution is -2.28. The molecule has 2 aromatic carbocycles. The number of nitro benzene ring substituents is 1. The first-order chi connectivity index (χ1) is 12.5. The molecule has 1 saturated carbocycles. The summed E-state index contributed by atoms with van der Waals surface area (Å²) in [6.45, 7) is 0.590. The molecule has 2 N–H and O–H groups in total. The molecule has 0 aromatic heterocycles. The molecule has 2 aromatic rings. The highest BCUT2D eigenvalue weighted by molar-refractivity contribution is 9.10. The van der Waals surface area contributed by atoms with E-state index in [1.807, 2.05) is 24.3 Å². The van der Waals surface area contributed by atoms with Gasteiger partial charge in [-0.05, 0) is 43.2 Å². The summed E-state index contributed by atoms with van der Waals surface area (Å²) in [7, 11) is 0. The number of amides is 1. The second-order valence-corrected chi connectivity index (χ2v) is 6.89. The molecule has 0 saturated heterocycles. The Morgan fingerprint density at radius 1 is 1.27 bits per heavy atom. The van der Waals surface area contributed by atoms with Crippen molar-refractivity contribution >= 4 is 33.2 Å². The van der Waals surface area contributed by atoms with Crippen LogP contribution in [0, 0.1) is 10.1 Å². The number of carbonyl (C=O) groups is 1. The lowest BCUT2D eigenvalue weighted by atomic mass is 10.1. The van der Waals surface area contributed by atoms with E-state index in [9.17, 15) is 14.9 Å². The summed E-state index contributed by atoms with van der Waals surface area (Å²) in [5.74, 6) is 0.323. The number of benzene rings is 2. The molecule has 1 amide bonds.